The molecule has 6 heteroatoms. The Bertz CT molecular complexity index is 557. The molecule has 1 aromatic heterocycles. The number of nitrogen functional groups attached to an aromatic ring is 1. The van der Waals surface area contributed by atoms with Gasteiger partial charge in [0.25, 0.3) is 0 Å². The molecule has 2 N–H and O–H groups in total. The van der Waals surface area contributed by atoms with Crippen molar-refractivity contribution >= 4 is 27.8 Å². The zero-order valence-corrected chi connectivity index (χ0v) is 12.2. The van der Waals surface area contributed by atoms with Gasteiger partial charge in [-0.1, -0.05) is 28.1 Å². The average Bonchev–Trinajstić information content (AvgIpc) is 3.03. The molecule has 0 spiro atoms. The molecule has 0 saturated carbocycles. The fraction of sp³-hybridized carbons (Fsp3) is 0.385. The monoisotopic (exact) mass is 321 g/mol. The van der Waals surface area contributed by atoms with E-state index in [9.17, 15) is 0 Å². The predicted molar refractivity (Wildman–Crippen MR) is 79.1 cm³/mol. The van der Waals surface area contributed by atoms with Crippen LogP contribution in [-0.4, -0.2) is 27.9 Å². The number of nitrogens with two attached hydrogens (primary N) is 1. The van der Waals surface area contributed by atoms with Crippen LogP contribution in [0, 0.1) is 0 Å². The van der Waals surface area contributed by atoms with Gasteiger partial charge in [0.2, 0.25) is 11.9 Å². The van der Waals surface area contributed by atoms with Gasteiger partial charge in [-0.15, -0.1) is 5.10 Å². The third kappa shape index (κ3) is 2.73. The van der Waals surface area contributed by atoms with Crippen molar-refractivity contribution in [3.8, 4) is 0 Å². The molecule has 2 aromatic rings. The van der Waals surface area contributed by atoms with Crippen molar-refractivity contribution in [2.24, 2.45) is 0 Å². The van der Waals surface area contributed by atoms with E-state index >= 15 is 0 Å². The van der Waals surface area contributed by atoms with Crippen molar-refractivity contribution in [1.82, 2.24) is 14.8 Å². The zero-order chi connectivity index (χ0) is 13.2. The first-order chi connectivity index (χ1) is 9.22. The topological polar surface area (TPSA) is 60.0 Å². The maximum atomic E-state index is 5.94. The van der Waals surface area contributed by atoms with Gasteiger partial charge in [0.1, 0.15) is 0 Å². The van der Waals surface area contributed by atoms with Gasteiger partial charge in [-0.25, -0.2) is 4.68 Å². The summed E-state index contributed by atoms with van der Waals surface area (Å²) < 4.78 is 2.83. The summed E-state index contributed by atoms with van der Waals surface area (Å²) >= 11 is 3.43. The van der Waals surface area contributed by atoms with Crippen LogP contribution in [0.5, 0.6) is 0 Å². The molecule has 0 atom stereocenters. The van der Waals surface area contributed by atoms with Gasteiger partial charge in [0.15, 0.2) is 0 Å². The number of hydrogen-bond acceptors (Lipinski definition) is 4. The summed E-state index contributed by atoms with van der Waals surface area (Å²) in [4.78, 5) is 6.54. The van der Waals surface area contributed by atoms with Gasteiger partial charge in [-0.3, -0.25) is 0 Å². The third-order valence-corrected chi connectivity index (χ3v) is 3.85. The van der Waals surface area contributed by atoms with Crippen LogP contribution >= 0.6 is 15.9 Å². The lowest BCUT2D eigenvalue weighted by atomic mass is 10.2. The highest BCUT2D eigenvalue weighted by molar-refractivity contribution is 9.10. The SMILES string of the molecule is Nc1nc(N2CCCC2)nn1Cc1ccc(Br)cc1. The number of rotatable bonds is 3. The Morgan fingerprint density at radius 1 is 1.16 bits per heavy atom. The van der Waals surface area contributed by atoms with E-state index in [-0.39, 0.29) is 0 Å². The highest BCUT2D eigenvalue weighted by atomic mass is 79.9. The van der Waals surface area contributed by atoms with Crippen molar-refractivity contribution in [3.05, 3.63) is 34.3 Å². The smallest absolute Gasteiger partial charge is 0.246 e. The van der Waals surface area contributed by atoms with Crippen molar-refractivity contribution in [2.45, 2.75) is 19.4 Å². The van der Waals surface area contributed by atoms with Crippen molar-refractivity contribution in [1.29, 1.82) is 0 Å². The zero-order valence-electron chi connectivity index (χ0n) is 10.6. The standard InChI is InChI=1S/C13H16BrN5/c14-11-5-3-10(4-6-11)9-19-12(15)16-13(17-19)18-7-1-2-8-18/h3-6H,1-2,7-9H2,(H2,15,16,17). The molecule has 0 radical (unpaired) electrons. The second-order valence-electron chi connectivity index (χ2n) is 4.75. The number of aromatic nitrogens is 3. The second kappa shape index (κ2) is 5.21. The summed E-state index contributed by atoms with van der Waals surface area (Å²) in [7, 11) is 0. The number of halogens is 1. The van der Waals surface area contributed by atoms with Crippen LogP contribution in [0.3, 0.4) is 0 Å². The Morgan fingerprint density at radius 3 is 2.53 bits per heavy atom. The quantitative estimate of drug-likeness (QED) is 0.942. The normalized spacial score (nSPS) is 15.1. The molecule has 1 fully saturated rings. The van der Waals surface area contributed by atoms with Crippen LogP contribution in [0.15, 0.2) is 28.7 Å². The number of hydrogen-bond donors (Lipinski definition) is 1. The summed E-state index contributed by atoms with van der Waals surface area (Å²) in [5.41, 5.74) is 7.10. The maximum absolute atomic E-state index is 5.94. The van der Waals surface area contributed by atoms with Gasteiger partial charge >= 0.3 is 0 Å². The van der Waals surface area contributed by atoms with Crippen molar-refractivity contribution in [3.63, 3.8) is 0 Å². The van der Waals surface area contributed by atoms with E-state index in [0.717, 1.165) is 29.1 Å². The Labute approximate surface area is 120 Å². The summed E-state index contributed by atoms with van der Waals surface area (Å²) in [5.74, 6) is 1.23. The lowest BCUT2D eigenvalue weighted by Gasteiger charge is -2.10. The molecule has 1 saturated heterocycles. The molecule has 5 nitrogen and oxygen atoms in total. The highest BCUT2D eigenvalue weighted by Gasteiger charge is 2.18. The summed E-state index contributed by atoms with van der Waals surface area (Å²) in [6, 6.07) is 8.15. The summed E-state index contributed by atoms with van der Waals surface area (Å²) in [6.45, 7) is 2.71. The van der Waals surface area contributed by atoms with E-state index in [4.69, 9.17) is 5.73 Å². The van der Waals surface area contributed by atoms with E-state index in [2.05, 4.69) is 43.0 Å². The minimum Gasteiger partial charge on any atom is -0.368 e. The molecule has 19 heavy (non-hydrogen) atoms. The molecule has 1 aliphatic rings. The van der Waals surface area contributed by atoms with Gasteiger partial charge in [-0.2, -0.15) is 4.98 Å². The fourth-order valence-corrected chi connectivity index (χ4v) is 2.54. The Hall–Kier alpha value is -1.56. The van der Waals surface area contributed by atoms with Crippen LogP contribution in [0.25, 0.3) is 0 Å². The molecule has 0 unspecified atom stereocenters. The van der Waals surface area contributed by atoms with Crippen LogP contribution in [-0.2, 0) is 6.54 Å². The lowest BCUT2D eigenvalue weighted by Crippen LogP contribution is -2.19. The van der Waals surface area contributed by atoms with E-state index in [0.29, 0.717) is 12.5 Å². The number of benzene rings is 1. The van der Waals surface area contributed by atoms with Gasteiger partial charge in [0, 0.05) is 17.6 Å². The molecule has 0 aliphatic carbocycles. The molecule has 1 aliphatic heterocycles. The summed E-state index contributed by atoms with van der Waals surface area (Å²) in [6.07, 6.45) is 2.42. The van der Waals surface area contributed by atoms with E-state index in [1.165, 1.54) is 12.8 Å². The van der Waals surface area contributed by atoms with E-state index in [1.54, 1.807) is 4.68 Å². The van der Waals surface area contributed by atoms with Crippen LogP contribution in [0.4, 0.5) is 11.9 Å². The van der Waals surface area contributed by atoms with Crippen LogP contribution < -0.4 is 10.6 Å². The molecule has 1 aromatic carbocycles. The molecule has 2 heterocycles. The molecule has 100 valence electrons. The third-order valence-electron chi connectivity index (χ3n) is 3.32. The largest absolute Gasteiger partial charge is 0.368 e. The van der Waals surface area contributed by atoms with Gasteiger partial charge in [0.05, 0.1) is 6.54 Å². The fourth-order valence-electron chi connectivity index (χ4n) is 2.27. The minimum absolute atomic E-state index is 0.477. The minimum atomic E-state index is 0.477. The molecular formula is C13H16BrN5. The predicted octanol–water partition coefficient (Wildman–Crippen LogP) is 2.27. The Balaban J connectivity index is 1.79. The lowest BCUT2D eigenvalue weighted by molar-refractivity contribution is 0.690. The number of anilines is 2. The first kappa shape index (κ1) is 12.5. The van der Waals surface area contributed by atoms with Crippen molar-refractivity contribution in [2.75, 3.05) is 23.7 Å². The van der Waals surface area contributed by atoms with Gasteiger partial charge < -0.3 is 10.6 Å². The van der Waals surface area contributed by atoms with Crippen LogP contribution in [0.2, 0.25) is 0 Å². The molecule has 3 rings (SSSR count). The van der Waals surface area contributed by atoms with E-state index in [1.807, 2.05) is 12.1 Å². The van der Waals surface area contributed by atoms with Gasteiger partial charge in [-0.05, 0) is 30.5 Å². The Kier molecular flexibility index (Phi) is 3.42. The molecule has 0 amide bonds. The van der Waals surface area contributed by atoms with E-state index < -0.39 is 0 Å². The number of nitrogens with zero attached hydrogens (tertiary/aromatic N) is 4. The highest BCUT2D eigenvalue weighted by Crippen LogP contribution is 2.18. The molecule has 0 bridgehead atoms. The average molecular weight is 322 g/mol. The van der Waals surface area contributed by atoms with Crippen molar-refractivity contribution < 1.29 is 0 Å². The maximum Gasteiger partial charge on any atom is 0.246 e. The first-order valence-corrected chi connectivity index (χ1v) is 7.21. The molecular weight excluding hydrogens is 306 g/mol. The Morgan fingerprint density at radius 2 is 1.84 bits per heavy atom. The van der Waals surface area contributed by atoms with Crippen LogP contribution in [0.1, 0.15) is 18.4 Å². The second-order valence-corrected chi connectivity index (χ2v) is 5.66. The first-order valence-electron chi connectivity index (χ1n) is 6.42. The summed E-state index contributed by atoms with van der Waals surface area (Å²) in [5, 5.41) is 4.50.